The fourth-order valence-electron chi connectivity index (χ4n) is 2.05. The zero-order valence-corrected chi connectivity index (χ0v) is 7.27. The lowest BCUT2D eigenvalue weighted by Gasteiger charge is -1.96. The molecule has 1 saturated carbocycles. The van der Waals surface area contributed by atoms with Crippen LogP contribution in [0.3, 0.4) is 0 Å². The Kier molecular flexibility index (Phi) is 1.89. The van der Waals surface area contributed by atoms with Crippen LogP contribution in [0.2, 0.25) is 0 Å². The summed E-state index contributed by atoms with van der Waals surface area (Å²) in [6, 6.07) is 10.5. The fraction of sp³-hybridized carbons (Fsp3) is 0.455. The van der Waals surface area contributed by atoms with E-state index in [2.05, 4.69) is 31.2 Å². The number of rotatable bonds is 2. The van der Waals surface area contributed by atoms with Gasteiger partial charge in [0.15, 0.2) is 0 Å². The van der Waals surface area contributed by atoms with Gasteiger partial charge in [-0.25, -0.2) is 0 Å². The standard InChI is InChI=1S/C11H14O/c1-8-10(7-12)11(8)9-5-3-2-4-6-9/h2-6,8,10-12H,7H2,1H3/t8-,10-,11+/m1/s1. The fourth-order valence-corrected chi connectivity index (χ4v) is 2.05. The average molecular weight is 162 g/mol. The number of benzene rings is 1. The molecule has 1 nitrogen and oxygen atoms in total. The molecule has 0 amide bonds. The van der Waals surface area contributed by atoms with Crippen molar-refractivity contribution in [3.8, 4) is 0 Å². The molecule has 1 aromatic carbocycles. The Labute approximate surface area is 73.0 Å². The van der Waals surface area contributed by atoms with Crippen molar-refractivity contribution in [3.05, 3.63) is 35.9 Å². The van der Waals surface area contributed by atoms with E-state index in [0.29, 0.717) is 24.4 Å². The topological polar surface area (TPSA) is 20.2 Å². The third kappa shape index (κ3) is 1.14. The minimum absolute atomic E-state index is 0.334. The molecular formula is C11H14O. The van der Waals surface area contributed by atoms with E-state index >= 15 is 0 Å². The molecule has 0 radical (unpaired) electrons. The van der Waals surface area contributed by atoms with Gasteiger partial charge in [-0.1, -0.05) is 37.3 Å². The van der Waals surface area contributed by atoms with Crippen LogP contribution in [0.4, 0.5) is 0 Å². The molecule has 1 fully saturated rings. The van der Waals surface area contributed by atoms with Gasteiger partial charge in [0.05, 0.1) is 0 Å². The van der Waals surface area contributed by atoms with Crippen LogP contribution in [0.25, 0.3) is 0 Å². The Hall–Kier alpha value is -0.820. The lowest BCUT2D eigenvalue weighted by Crippen LogP contribution is -1.87. The summed E-state index contributed by atoms with van der Waals surface area (Å²) in [4.78, 5) is 0. The van der Waals surface area contributed by atoms with E-state index in [-0.39, 0.29) is 0 Å². The first-order valence-corrected chi connectivity index (χ1v) is 4.50. The maximum atomic E-state index is 9.01. The molecule has 0 saturated heterocycles. The summed E-state index contributed by atoms with van der Waals surface area (Å²) in [6.07, 6.45) is 0. The summed E-state index contributed by atoms with van der Waals surface area (Å²) in [5, 5.41) is 9.01. The maximum absolute atomic E-state index is 9.01. The monoisotopic (exact) mass is 162 g/mol. The van der Waals surface area contributed by atoms with Crippen LogP contribution in [-0.4, -0.2) is 11.7 Å². The first kappa shape index (κ1) is 7.81. The van der Waals surface area contributed by atoms with Crippen LogP contribution in [-0.2, 0) is 0 Å². The molecule has 0 aliphatic heterocycles. The Morgan fingerprint density at radius 1 is 1.25 bits per heavy atom. The van der Waals surface area contributed by atoms with Gasteiger partial charge < -0.3 is 5.11 Å². The predicted octanol–water partition coefficient (Wildman–Crippen LogP) is 2.03. The van der Waals surface area contributed by atoms with E-state index in [4.69, 9.17) is 5.11 Å². The summed E-state index contributed by atoms with van der Waals surface area (Å²) in [6.45, 7) is 2.54. The summed E-state index contributed by atoms with van der Waals surface area (Å²) >= 11 is 0. The maximum Gasteiger partial charge on any atom is 0.0467 e. The second-order valence-corrected chi connectivity index (χ2v) is 3.64. The lowest BCUT2D eigenvalue weighted by atomic mass is 10.1. The Bertz CT molecular complexity index is 255. The molecule has 0 heterocycles. The molecule has 0 aromatic heterocycles. The largest absolute Gasteiger partial charge is 0.396 e. The van der Waals surface area contributed by atoms with Crippen LogP contribution < -0.4 is 0 Å². The van der Waals surface area contributed by atoms with E-state index in [1.165, 1.54) is 5.56 Å². The van der Waals surface area contributed by atoms with Crippen LogP contribution in [0.5, 0.6) is 0 Å². The van der Waals surface area contributed by atoms with E-state index in [9.17, 15) is 0 Å². The number of aliphatic hydroxyl groups is 1. The Balaban J connectivity index is 2.14. The van der Waals surface area contributed by atoms with Crippen molar-refractivity contribution in [3.63, 3.8) is 0 Å². The van der Waals surface area contributed by atoms with Gasteiger partial charge in [-0.3, -0.25) is 0 Å². The third-order valence-electron chi connectivity index (χ3n) is 2.96. The highest BCUT2D eigenvalue weighted by molar-refractivity contribution is 5.27. The molecule has 64 valence electrons. The SMILES string of the molecule is C[C@@H]1[C@@H](CO)[C@@H]1c1ccccc1. The molecule has 0 bridgehead atoms. The molecule has 1 aliphatic carbocycles. The van der Waals surface area contributed by atoms with Gasteiger partial charge >= 0.3 is 0 Å². The summed E-state index contributed by atoms with van der Waals surface area (Å²) in [7, 11) is 0. The van der Waals surface area contributed by atoms with Crippen molar-refractivity contribution < 1.29 is 5.11 Å². The van der Waals surface area contributed by atoms with Crippen molar-refractivity contribution in [1.29, 1.82) is 0 Å². The van der Waals surface area contributed by atoms with E-state index in [0.717, 1.165) is 0 Å². The average Bonchev–Trinajstić information content (AvgIpc) is 2.78. The summed E-state index contributed by atoms with van der Waals surface area (Å²) in [5.74, 6) is 1.78. The molecular weight excluding hydrogens is 148 g/mol. The van der Waals surface area contributed by atoms with Gasteiger partial charge in [-0.15, -0.1) is 0 Å². The lowest BCUT2D eigenvalue weighted by molar-refractivity contribution is 0.268. The molecule has 1 N–H and O–H groups in total. The van der Waals surface area contributed by atoms with Crippen LogP contribution in [0.1, 0.15) is 18.4 Å². The normalized spacial score (nSPS) is 33.3. The van der Waals surface area contributed by atoms with Crippen LogP contribution in [0.15, 0.2) is 30.3 Å². The van der Waals surface area contributed by atoms with Crippen molar-refractivity contribution in [1.82, 2.24) is 0 Å². The number of hydrogen-bond donors (Lipinski definition) is 1. The third-order valence-corrected chi connectivity index (χ3v) is 2.96. The highest BCUT2D eigenvalue weighted by Gasteiger charge is 2.46. The first-order chi connectivity index (χ1) is 5.84. The van der Waals surface area contributed by atoms with Crippen LogP contribution >= 0.6 is 0 Å². The first-order valence-electron chi connectivity index (χ1n) is 4.50. The zero-order valence-electron chi connectivity index (χ0n) is 7.27. The molecule has 12 heavy (non-hydrogen) atoms. The second kappa shape index (κ2) is 2.91. The molecule has 1 aromatic rings. The van der Waals surface area contributed by atoms with Gasteiger partial charge in [-0.2, -0.15) is 0 Å². The van der Waals surface area contributed by atoms with Crippen molar-refractivity contribution >= 4 is 0 Å². The van der Waals surface area contributed by atoms with Crippen LogP contribution in [0, 0.1) is 11.8 Å². The highest BCUT2D eigenvalue weighted by Crippen LogP contribution is 2.53. The van der Waals surface area contributed by atoms with Gasteiger partial charge in [0.25, 0.3) is 0 Å². The Morgan fingerprint density at radius 2 is 1.92 bits per heavy atom. The van der Waals surface area contributed by atoms with Crippen molar-refractivity contribution in [2.45, 2.75) is 12.8 Å². The van der Waals surface area contributed by atoms with Gasteiger partial charge in [0.2, 0.25) is 0 Å². The number of aliphatic hydroxyl groups excluding tert-OH is 1. The van der Waals surface area contributed by atoms with E-state index in [1.54, 1.807) is 0 Å². The van der Waals surface area contributed by atoms with Crippen molar-refractivity contribution in [2.24, 2.45) is 11.8 Å². The summed E-state index contributed by atoms with van der Waals surface area (Å²) in [5.41, 5.74) is 1.38. The molecule has 0 spiro atoms. The van der Waals surface area contributed by atoms with E-state index < -0.39 is 0 Å². The molecule has 0 unspecified atom stereocenters. The molecule has 2 rings (SSSR count). The second-order valence-electron chi connectivity index (χ2n) is 3.64. The van der Waals surface area contributed by atoms with Gasteiger partial charge in [0.1, 0.15) is 0 Å². The molecule has 1 aliphatic rings. The van der Waals surface area contributed by atoms with Crippen molar-refractivity contribution in [2.75, 3.05) is 6.61 Å². The quantitative estimate of drug-likeness (QED) is 0.705. The minimum Gasteiger partial charge on any atom is -0.396 e. The molecule has 1 heteroatoms. The molecule has 3 atom stereocenters. The van der Waals surface area contributed by atoms with Gasteiger partial charge in [0, 0.05) is 6.61 Å². The zero-order chi connectivity index (χ0) is 8.55. The Morgan fingerprint density at radius 3 is 2.42 bits per heavy atom. The predicted molar refractivity (Wildman–Crippen MR) is 48.9 cm³/mol. The number of hydrogen-bond acceptors (Lipinski definition) is 1. The highest BCUT2D eigenvalue weighted by atomic mass is 16.3. The summed E-state index contributed by atoms with van der Waals surface area (Å²) < 4.78 is 0. The van der Waals surface area contributed by atoms with Gasteiger partial charge in [-0.05, 0) is 23.3 Å². The minimum atomic E-state index is 0.334. The smallest absolute Gasteiger partial charge is 0.0467 e. The van der Waals surface area contributed by atoms with E-state index in [1.807, 2.05) is 6.07 Å².